The molecule has 0 aliphatic heterocycles. The Kier molecular flexibility index (Phi) is 9.99. The fourth-order valence-corrected chi connectivity index (χ4v) is 0.461. The molecule has 0 aromatic heterocycles. The van der Waals surface area contributed by atoms with Crippen molar-refractivity contribution in [1.29, 1.82) is 0 Å². The van der Waals surface area contributed by atoms with Gasteiger partial charge in [0.1, 0.15) is 0 Å². The molecular formula is C8H15ClNO2-. The van der Waals surface area contributed by atoms with Gasteiger partial charge in [0.2, 0.25) is 0 Å². The van der Waals surface area contributed by atoms with Crippen LogP contribution in [0.1, 0.15) is 6.42 Å². The minimum Gasteiger partial charge on any atom is -0.545 e. The summed E-state index contributed by atoms with van der Waals surface area (Å²) in [5.74, 6) is -1.15. The Morgan fingerprint density at radius 2 is 1.92 bits per heavy atom. The highest BCUT2D eigenvalue weighted by molar-refractivity contribution is 6.15. The van der Waals surface area contributed by atoms with E-state index in [1.54, 1.807) is 0 Å². The lowest BCUT2D eigenvalue weighted by Crippen LogP contribution is -2.26. The van der Waals surface area contributed by atoms with Gasteiger partial charge in [-0.1, -0.05) is 6.58 Å². The molecule has 0 spiro atoms. The Morgan fingerprint density at radius 1 is 1.50 bits per heavy atom. The molecule has 0 aliphatic rings. The minimum atomic E-state index is -1.15. The summed E-state index contributed by atoms with van der Waals surface area (Å²) in [7, 11) is 3.76. The first-order valence-corrected chi connectivity index (χ1v) is 4.21. The maximum absolute atomic E-state index is 10.1. The Balaban J connectivity index is 0. The van der Waals surface area contributed by atoms with Gasteiger partial charge in [-0.15, -0.1) is 11.6 Å². The number of hydrogen-bond donors (Lipinski definition) is 0. The van der Waals surface area contributed by atoms with Crippen LogP contribution in [0.15, 0.2) is 12.2 Å². The van der Waals surface area contributed by atoms with Crippen molar-refractivity contribution in [2.24, 2.45) is 0 Å². The molecule has 0 aliphatic carbocycles. The van der Waals surface area contributed by atoms with Gasteiger partial charge in [-0.25, -0.2) is 0 Å². The SMILES string of the molecule is C=C(CCN(C)C)C(=O)[O-].CCl. The first-order chi connectivity index (χ1) is 5.54. The predicted molar refractivity (Wildman–Crippen MR) is 49.1 cm³/mol. The van der Waals surface area contributed by atoms with Crippen LogP contribution in [-0.4, -0.2) is 37.9 Å². The lowest BCUT2D eigenvalue weighted by molar-refractivity contribution is -0.299. The molecule has 3 nitrogen and oxygen atoms in total. The molecule has 0 radical (unpaired) electrons. The number of hydrogen-bond acceptors (Lipinski definition) is 3. The monoisotopic (exact) mass is 192 g/mol. The Labute approximate surface area is 78.6 Å². The summed E-state index contributed by atoms with van der Waals surface area (Å²) in [4.78, 5) is 12.0. The molecular weight excluding hydrogens is 178 g/mol. The van der Waals surface area contributed by atoms with Gasteiger partial charge in [0.15, 0.2) is 0 Å². The van der Waals surface area contributed by atoms with Gasteiger partial charge in [0.25, 0.3) is 0 Å². The molecule has 72 valence electrons. The van der Waals surface area contributed by atoms with Crippen molar-refractivity contribution in [2.75, 3.05) is 27.0 Å². The van der Waals surface area contributed by atoms with E-state index in [1.807, 2.05) is 19.0 Å². The molecule has 0 aromatic carbocycles. The average molecular weight is 193 g/mol. The molecule has 0 saturated heterocycles. The van der Waals surface area contributed by atoms with Crippen LogP contribution >= 0.6 is 11.6 Å². The average Bonchev–Trinajstić information content (AvgIpc) is 2.03. The van der Waals surface area contributed by atoms with Gasteiger partial charge in [-0.3, -0.25) is 0 Å². The van der Waals surface area contributed by atoms with E-state index in [-0.39, 0.29) is 5.57 Å². The van der Waals surface area contributed by atoms with E-state index in [0.29, 0.717) is 13.0 Å². The molecule has 4 heteroatoms. The van der Waals surface area contributed by atoms with E-state index >= 15 is 0 Å². The molecule has 0 fully saturated rings. The molecule has 12 heavy (non-hydrogen) atoms. The van der Waals surface area contributed by atoms with Crippen molar-refractivity contribution >= 4 is 17.6 Å². The fraction of sp³-hybridized carbons (Fsp3) is 0.625. The van der Waals surface area contributed by atoms with Crippen LogP contribution in [0.3, 0.4) is 0 Å². The lowest BCUT2D eigenvalue weighted by Gasteiger charge is -2.10. The first-order valence-electron chi connectivity index (χ1n) is 3.45. The highest BCUT2D eigenvalue weighted by Gasteiger charge is 1.95. The van der Waals surface area contributed by atoms with Gasteiger partial charge >= 0.3 is 0 Å². The number of halogens is 1. The van der Waals surface area contributed by atoms with Gasteiger partial charge in [-0.05, 0) is 26.1 Å². The van der Waals surface area contributed by atoms with E-state index < -0.39 is 5.97 Å². The smallest absolute Gasteiger partial charge is 0.0669 e. The highest BCUT2D eigenvalue weighted by atomic mass is 35.5. The van der Waals surface area contributed by atoms with Gasteiger partial charge < -0.3 is 14.8 Å². The Bertz CT molecular complexity index is 146. The van der Waals surface area contributed by atoms with Crippen LogP contribution < -0.4 is 5.11 Å². The maximum Gasteiger partial charge on any atom is 0.0669 e. The molecule has 0 rings (SSSR count). The van der Waals surface area contributed by atoms with Crippen molar-refractivity contribution in [3.63, 3.8) is 0 Å². The normalized spacial score (nSPS) is 8.75. The second-order valence-corrected chi connectivity index (χ2v) is 2.44. The number of alkyl halides is 1. The third-order valence-electron chi connectivity index (χ3n) is 1.15. The summed E-state index contributed by atoms with van der Waals surface area (Å²) < 4.78 is 0. The molecule has 0 amide bonds. The number of carboxylic acids is 1. The summed E-state index contributed by atoms with van der Waals surface area (Å²) >= 11 is 4.64. The largest absolute Gasteiger partial charge is 0.545 e. The van der Waals surface area contributed by atoms with E-state index in [2.05, 4.69) is 18.2 Å². The molecule has 0 aromatic rings. The lowest BCUT2D eigenvalue weighted by atomic mass is 10.2. The van der Waals surface area contributed by atoms with Crippen LogP contribution in [0.5, 0.6) is 0 Å². The molecule has 0 N–H and O–H groups in total. The van der Waals surface area contributed by atoms with Crippen LogP contribution in [0, 0.1) is 0 Å². The summed E-state index contributed by atoms with van der Waals surface area (Å²) in [6.07, 6.45) is 1.94. The molecule has 0 heterocycles. The quantitative estimate of drug-likeness (QED) is 0.469. The zero-order chi connectivity index (χ0) is 10.1. The van der Waals surface area contributed by atoms with Crippen LogP contribution in [0.25, 0.3) is 0 Å². The zero-order valence-electron chi connectivity index (χ0n) is 7.76. The summed E-state index contributed by atoms with van der Waals surface area (Å²) in [6.45, 7) is 4.04. The maximum atomic E-state index is 10.1. The van der Waals surface area contributed by atoms with Crippen LogP contribution in [-0.2, 0) is 4.79 Å². The van der Waals surface area contributed by atoms with E-state index in [0.717, 1.165) is 0 Å². The van der Waals surface area contributed by atoms with Crippen molar-refractivity contribution in [3.8, 4) is 0 Å². The third kappa shape index (κ3) is 9.46. The zero-order valence-corrected chi connectivity index (χ0v) is 8.52. The van der Waals surface area contributed by atoms with E-state index in [4.69, 9.17) is 0 Å². The number of aliphatic carboxylic acids is 1. The Morgan fingerprint density at radius 3 is 2.17 bits per heavy atom. The number of carboxylic acid groups (broad SMARTS) is 1. The van der Waals surface area contributed by atoms with Crippen molar-refractivity contribution < 1.29 is 9.90 Å². The number of nitrogens with zero attached hydrogens (tertiary/aromatic N) is 1. The molecule has 0 saturated carbocycles. The van der Waals surface area contributed by atoms with Gasteiger partial charge in [-0.2, -0.15) is 0 Å². The van der Waals surface area contributed by atoms with Crippen molar-refractivity contribution in [2.45, 2.75) is 6.42 Å². The van der Waals surface area contributed by atoms with Crippen molar-refractivity contribution in [1.82, 2.24) is 4.90 Å². The van der Waals surface area contributed by atoms with Gasteiger partial charge in [0.05, 0.1) is 5.97 Å². The second-order valence-electron chi connectivity index (χ2n) is 2.44. The summed E-state index contributed by atoms with van der Waals surface area (Å²) in [6, 6.07) is 0. The van der Waals surface area contributed by atoms with Crippen molar-refractivity contribution in [3.05, 3.63) is 12.2 Å². The number of rotatable bonds is 4. The number of carbonyl (C=O) groups excluding carboxylic acids is 1. The minimum absolute atomic E-state index is 0.161. The first kappa shape index (κ1) is 14.0. The molecule has 0 atom stereocenters. The van der Waals surface area contributed by atoms with E-state index in [1.165, 1.54) is 6.38 Å². The predicted octanol–water partition coefficient (Wildman–Crippen LogP) is 0.0992. The highest BCUT2D eigenvalue weighted by Crippen LogP contribution is 1.95. The molecule has 0 bridgehead atoms. The molecule has 0 unspecified atom stereocenters. The fourth-order valence-electron chi connectivity index (χ4n) is 0.461. The summed E-state index contributed by atoms with van der Waals surface area (Å²) in [5.41, 5.74) is 0.161. The van der Waals surface area contributed by atoms with Gasteiger partial charge in [0, 0.05) is 12.9 Å². The van der Waals surface area contributed by atoms with E-state index in [9.17, 15) is 9.90 Å². The second kappa shape index (κ2) is 8.56. The standard InChI is InChI=1S/C7H13NO2.CH3Cl/c1-6(7(9)10)4-5-8(2)3;1-2/h1,4-5H2,2-3H3,(H,9,10);1H3/p-1. The number of carbonyl (C=O) groups is 1. The summed E-state index contributed by atoms with van der Waals surface area (Å²) in [5, 5.41) is 10.1. The van der Waals surface area contributed by atoms with Crippen LogP contribution in [0.2, 0.25) is 0 Å². The van der Waals surface area contributed by atoms with Crippen LogP contribution in [0.4, 0.5) is 0 Å². The topological polar surface area (TPSA) is 43.4 Å². The third-order valence-corrected chi connectivity index (χ3v) is 1.15. The Hall–Kier alpha value is -0.540.